The number of carbonyl (C=O) groups is 1. The third kappa shape index (κ3) is 3.15. The summed E-state index contributed by atoms with van der Waals surface area (Å²) in [6.45, 7) is 0.634. The molecular weight excluding hydrogens is 288 g/mol. The van der Waals surface area contributed by atoms with Crippen LogP contribution in [0.3, 0.4) is 0 Å². The van der Waals surface area contributed by atoms with Gasteiger partial charge in [-0.2, -0.15) is 0 Å². The molecule has 1 saturated heterocycles. The molecule has 1 aliphatic rings. The number of rotatable bonds is 5. The lowest BCUT2D eigenvalue weighted by Crippen LogP contribution is -2.25. The van der Waals surface area contributed by atoms with Crippen molar-refractivity contribution in [2.24, 2.45) is 0 Å². The first-order valence-electron chi connectivity index (χ1n) is 7.10. The van der Waals surface area contributed by atoms with Crippen LogP contribution in [0.25, 0.3) is 0 Å². The van der Waals surface area contributed by atoms with Crippen LogP contribution in [-0.4, -0.2) is 34.1 Å². The first kappa shape index (κ1) is 14.7. The highest BCUT2D eigenvalue weighted by atomic mass is 16.7. The van der Waals surface area contributed by atoms with Crippen molar-refractivity contribution in [3.63, 3.8) is 0 Å². The Morgan fingerprint density at radius 2 is 2.36 bits per heavy atom. The summed E-state index contributed by atoms with van der Waals surface area (Å²) in [5, 5.41) is 13.1. The standard InChI is InChI=1S/C15H16N2O5/c18-15(19)11-9-21-17-13(11)14(10-4-3-6-16-8-10)22-12-5-1-2-7-20-12/h3-4,6,8-9,12,14H,1-2,5,7H2,(H,18,19). The topological polar surface area (TPSA) is 94.7 Å². The van der Waals surface area contributed by atoms with Crippen LogP contribution in [0.2, 0.25) is 0 Å². The van der Waals surface area contributed by atoms with Gasteiger partial charge in [-0.25, -0.2) is 4.79 Å². The van der Waals surface area contributed by atoms with E-state index in [2.05, 4.69) is 10.1 Å². The molecule has 3 rings (SSSR count). The average Bonchev–Trinajstić information content (AvgIpc) is 3.04. The molecule has 0 spiro atoms. The smallest absolute Gasteiger partial charge is 0.341 e. The molecule has 1 aliphatic heterocycles. The molecule has 116 valence electrons. The summed E-state index contributed by atoms with van der Waals surface area (Å²) in [5.41, 5.74) is 0.896. The second kappa shape index (κ2) is 6.67. The van der Waals surface area contributed by atoms with E-state index in [1.54, 1.807) is 24.5 Å². The maximum Gasteiger partial charge on any atom is 0.341 e. The number of hydrogen-bond acceptors (Lipinski definition) is 6. The van der Waals surface area contributed by atoms with Crippen molar-refractivity contribution in [1.29, 1.82) is 0 Å². The maximum absolute atomic E-state index is 11.3. The van der Waals surface area contributed by atoms with Crippen LogP contribution in [0.15, 0.2) is 35.3 Å². The minimum absolute atomic E-state index is 0.0235. The maximum atomic E-state index is 11.3. The minimum atomic E-state index is -1.11. The van der Waals surface area contributed by atoms with E-state index in [1.807, 2.05) is 0 Å². The van der Waals surface area contributed by atoms with E-state index in [-0.39, 0.29) is 11.3 Å². The number of aromatic carboxylic acids is 1. The van der Waals surface area contributed by atoms with E-state index in [0.29, 0.717) is 12.2 Å². The fourth-order valence-corrected chi connectivity index (χ4v) is 2.40. The molecule has 1 N–H and O–H groups in total. The Kier molecular flexibility index (Phi) is 4.45. The first-order chi connectivity index (χ1) is 10.8. The van der Waals surface area contributed by atoms with Crippen LogP contribution in [0.4, 0.5) is 0 Å². The largest absolute Gasteiger partial charge is 0.478 e. The van der Waals surface area contributed by atoms with Crippen molar-refractivity contribution < 1.29 is 23.9 Å². The van der Waals surface area contributed by atoms with Gasteiger partial charge in [0, 0.05) is 24.6 Å². The number of ether oxygens (including phenoxy) is 2. The van der Waals surface area contributed by atoms with E-state index >= 15 is 0 Å². The molecule has 2 aromatic rings. The van der Waals surface area contributed by atoms with Gasteiger partial charge in [-0.3, -0.25) is 4.98 Å². The van der Waals surface area contributed by atoms with Crippen LogP contribution in [0.5, 0.6) is 0 Å². The Morgan fingerprint density at radius 1 is 1.45 bits per heavy atom. The minimum Gasteiger partial charge on any atom is -0.478 e. The summed E-state index contributed by atoms with van der Waals surface area (Å²) < 4.78 is 16.4. The van der Waals surface area contributed by atoms with Crippen molar-refractivity contribution in [2.75, 3.05) is 6.61 Å². The molecule has 0 saturated carbocycles. The normalized spacial score (nSPS) is 19.7. The van der Waals surface area contributed by atoms with Crippen LogP contribution in [-0.2, 0) is 9.47 Å². The summed E-state index contributed by atoms with van der Waals surface area (Å²) >= 11 is 0. The lowest BCUT2D eigenvalue weighted by molar-refractivity contribution is -0.182. The second-order valence-corrected chi connectivity index (χ2v) is 5.02. The van der Waals surface area contributed by atoms with Gasteiger partial charge in [0.2, 0.25) is 0 Å². The molecule has 2 aromatic heterocycles. The van der Waals surface area contributed by atoms with Gasteiger partial charge in [-0.1, -0.05) is 11.2 Å². The third-order valence-corrected chi connectivity index (χ3v) is 3.49. The highest BCUT2D eigenvalue weighted by Crippen LogP contribution is 2.30. The molecule has 0 aliphatic carbocycles. The molecular formula is C15H16N2O5. The predicted molar refractivity (Wildman–Crippen MR) is 74.2 cm³/mol. The number of pyridine rings is 1. The van der Waals surface area contributed by atoms with Crippen LogP contribution in [0.1, 0.15) is 47.0 Å². The van der Waals surface area contributed by atoms with Crippen molar-refractivity contribution in [2.45, 2.75) is 31.7 Å². The number of carboxylic acids is 1. The van der Waals surface area contributed by atoms with E-state index in [9.17, 15) is 9.90 Å². The Hall–Kier alpha value is -2.25. The van der Waals surface area contributed by atoms with Gasteiger partial charge in [0.1, 0.15) is 23.6 Å². The molecule has 0 amide bonds. The van der Waals surface area contributed by atoms with Crippen LogP contribution >= 0.6 is 0 Å². The summed E-state index contributed by atoms with van der Waals surface area (Å²) in [5.74, 6) is -1.11. The number of aromatic nitrogens is 2. The average molecular weight is 304 g/mol. The summed E-state index contributed by atoms with van der Waals surface area (Å²) in [6.07, 6.45) is 6.05. The Bertz CT molecular complexity index is 622. The monoisotopic (exact) mass is 304 g/mol. The zero-order valence-electron chi connectivity index (χ0n) is 11.8. The van der Waals surface area contributed by atoms with Gasteiger partial charge in [0.15, 0.2) is 6.29 Å². The molecule has 0 bridgehead atoms. The van der Waals surface area contributed by atoms with Crippen molar-refractivity contribution in [1.82, 2.24) is 10.1 Å². The Balaban J connectivity index is 1.92. The second-order valence-electron chi connectivity index (χ2n) is 5.02. The molecule has 2 atom stereocenters. The first-order valence-corrected chi connectivity index (χ1v) is 7.10. The quantitative estimate of drug-likeness (QED) is 0.906. The van der Waals surface area contributed by atoms with Gasteiger partial charge in [-0.15, -0.1) is 0 Å². The predicted octanol–water partition coefficient (Wildman–Crippen LogP) is 2.40. The van der Waals surface area contributed by atoms with E-state index in [0.717, 1.165) is 25.5 Å². The van der Waals surface area contributed by atoms with Crippen molar-refractivity contribution in [3.8, 4) is 0 Å². The van der Waals surface area contributed by atoms with Crippen molar-refractivity contribution >= 4 is 5.97 Å². The molecule has 22 heavy (non-hydrogen) atoms. The Labute approximate surface area is 126 Å². The lowest BCUT2D eigenvalue weighted by Gasteiger charge is -2.27. The fraction of sp³-hybridized carbons (Fsp3) is 0.400. The zero-order chi connectivity index (χ0) is 15.4. The lowest BCUT2D eigenvalue weighted by atomic mass is 10.0. The van der Waals surface area contributed by atoms with E-state index < -0.39 is 18.4 Å². The van der Waals surface area contributed by atoms with E-state index in [1.165, 1.54) is 0 Å². The van der Waals surface area contributed by atoms with Gasteiger partial charge >= 0.3 is 5.97 Å². The van der Waals surface area contributed by atoms with Crippen molar-refractivity contribution in [3.05, 3.63) is 47.6 Å². The summed E-state index contributed by atoms with van der Waals surface area (Å²) in [7, 11) is 0. The van der Waals surface area contributed by atoms with Gasteiger partial charge < -0.3 is 19.1 Å². The van der Waals surface area contributed by atoms with Crippen LogP contribution in [0, 0.1) is 0 Å². The summed E-state index contributed by atoms with van der Waals surface area (Å²) in [6, 6.07) is 3.56. The number of nitrogens with zero attached hydrogens (tertiary/aromatic N) is 2. The number of carboxylic acid groups (broad SMARTS) is 1. The molecule has 7 heteroatoms. The molecule has 2 unspecified atom stereocenters. The van der Waals surface area contributed by atoms with Gasteiger partial charge in [-0.05, 0) is 25.3 Å². The highest BCUT2D eigenvalue weighted by molar-refractivity contribution is 5.88. The van der Waals surface area contributed by atoms with Gasteiger partial charge in [0.25, 0.3) is 0 Å². The molecule has 0 radical (unpaired) electrons. The van der Waals surface area contributed by atoms with E-state index in [4.69, 9.17) is 14.0 Å². The number of hydrogen-bond donors (Lipinski definition) is 1. The summed E-state index contributed by atoms with van der Waals surface area (Å²) in [4.78, 5) is 15.4. The highest BCUT2D eigenvalue weighted by Gasteiger charge is 2.29. The SMILES string of the molecule is O=C(O)c1conc1C(OC1CCCCO1)c1cccnc1. The fourth-order valence-electron chi connectivity index (χ4n) is 2.40. The molecule has 3 heterocycles. The molecule has 1 fully saturated rings. The third-order valence-electron chi connectivity index (χ3n) is 3.49. The zero-order valence-corrected chi connectivity index (χ0v) is 11.8. The van der Waals surface area contributed by atoms with Crippen LogP contribution < -0.4 is 0 Å². The Morgan fingerprint density at radius 3 is 3.05 bits per heavy atom. The van der Waals surface area contributed by atoms with Gasteiger partial charge in [0.05, 0.1) is 0 Å². The molecule has 0 aromatic carbocycles. The molecule has 7 nitrogen and oxygen atoms in total.